The van der Waals surface area contributed by atoms with Crippen molar-refractivity contribution in [3.63, 3.8) is 0 Å². The minimum Gasteiger partial charge on any atom is -0.481 e. The average molecular weight is 822 g/mol. The van der Waals surface area contributed by atoms with Crippen LogP contribution < -0.4 is 49.1 Å². The smallest absolute Gasteiger partial charge is 0.305 e. The van der Waals surface area contributed by atoms with E-state index in [1.807, 2.05) is 0 Å². The van der Waals surface area contributed by atoms with Gasteiger partial charge >= 0.3 is 11.9 Å². The summed E-state index contributed by atoms with van der Waals surface area (Å²) in [5.74, 6) is -9.37. The highest BCUT2D eigenvalue weighted by Gasteiger charge is 2.33. The van der Waals surface area contributed by atoms with Gasteiger partial charge in [0, 0.05) is 19.4 Å². The van der Waals surface area contributed by atoms with E-state index >= 15 is 0 Å². The fourth-order valence-electron chi connectivity index (χ4n) is 5.48. The molecule has 0 fully saturated rings. The molecule has 1 rings (SSSR count). The second-order valence-electron chi connectivity index (χ2n) is 14.7. The number of carboxylic acids is 2. The van der Waals surface area contributed by atoms with E-state index in [4.69, 9.17) is 17.2 Å². The minimum atomic E-state index is -1.54. The fourth-order valence-corrected chi connectivity index (χ4v) is 5.48. The van der Waals surface area contributed by atoms with E-state index in [2.05, 4.69) is 31.9 Å². The van der Waals surface area contributed by atoms with Crippen LogP contribution in [0.2, 0.25) is 0 Å². The predicted molar refractivity (Wildman–Crippen MR) is 208 cm³/mol. The second kappa shape index (κ2) is 24.9. The van der Waals surface area contributed by atoms with Gasteiger partial charge in [0.1, 0.15) is 24.2 Å². The Hall–Kier alpha value is -5.67. The number of nitrogens with two attached hydrogens (primary N) is 3. The van der Waals surface area contributed by atoms with Gasteiger partial charge < -0.3 is 64.4 Å². The van der Waals surface area contributed by atoms with Gasteiger partial charge in [-0.25, -0.2) is 0 Å². The Balaban J connectivity index is 3.10. The number of aliphatic carboxylic acids is 2. The second-order valence-corrected chi connectivity index (χ2v) is 14.7. The Kier molecular flexibility index (Phi) is 21.6. The molecule has 0 aromatic heterocycles. The molecule has 21 nitrogen and oxygen atoms in total. The SMILES string of the molecule is CC(C)C[C@H](NC(=O)[C@H](CC(N)=O)NC(=O)[C@@H](N)C(C)C)[C@@H](O)CN[C@@H](CC(=O)O)C(=O)N[C@@H](C)C(=O)N[C@@H](CCC(=O)O)C(=O)N[C@@H](Cc1ccccc1)C(N)=O. The number of rotatable bonds is 27. The fraction of sp³-hybridized carbons (Fsp3) is 0.595. The molecular weight excluding hydrogens is 762 g/mol. The van der Waals surface area contributed by atoms with Crippen molar-refractivity contribution < 1.29 is 58.5 Å². The standard InChI is InChI=1S/C37H59N9O12/c1-18(2)13-23(44-36(57)26(15-28(38)48)46-37(58)31(39)19(3)4)27(47)17-41-25(16-30(51)52)35(56)42-20(5)33(54)43-22(11-12-29(49)50)34(55)45-24(32(40)53)14-21-9-7-6-8-10-21/h6-10,18-20,22-27,31,41,47H,11-17,39H2,1-5H3,(H2,38,48)(H2,40,53)(H,42,56)(H,43,54)(H,44,57)(H,45,55)(H,46,58)(H,49,50)(H,51,52)/t20-,22-,23-,24-,25-,26-,27-,31-/m0/s1. The number of carbonyl (C=O) groups excluding carboxylic acids is 7. The monoisotopic (exact) mass is 821 g/mol. The Bertz CT molecular complexity index is 1590. The number of amides is 7. The molecule has 0 saturated carbocycles. The average Bonchev–Trinajstić information content (AvgIpc) is 3.12. The number of aliphatic hydroxyl groups excluding tert-OH is 1. The summed E-state index contributed by atoms with van der Waals surface area (Å²) in [4.78, 5) is 112. The predicted octanol–water partition coefficient (Wildman–Crippen LogP) is -3.28. The molecule has 0 spiro atoms. The molecule has 21 heteroatoms. The van der Waals surface area contributed by atoms with E-state index in [1.54, 1.807) is 58.0 Å². The Labute approximate surface area is 336 Å². The molecule has 58 heavy (non-hydrogen) atoms. The van der Waals surface area contributed by atoms with Crippen LogP contribution in [0.1, 0.15) is 72.3 Å². The lowest BCUT2D eigenvalue weighted by Crippen LogP contribution is -2.59. The van der Waals surface area contributed by atoms with E-state index in [1.165, 1.54) is 6.92 Å². The zero-order valence-corrected chi connectivity index (χ0v) is 33.4. The van der Waals surface area contributed by atoms with Crippen LogP contribution in [0.15, 0.2) is 30.3 Å². The molecule has 0 aliphatic carbocycles. The summed E-state index contributed by atoms with van der Waals surface area (Å²) in [6.07, 6.45) is -3.65. The number of carbonyl (C=O) groups is 9. The molecule has 15 N–H and O–H groups in total. The van der Waals surface area contributed by atoms with Crippen LogP contribution in [0.25, 0.3) is 0 Å². The lowest BCUT2D eigenvalue weighted by Gasteiger charge is -2.30. The topological polar surface area (TPSA) is 365 Å². The molecular formula is C37H59N9O12. The van der Waals surface area contributed by atoms with Crippen molar-refractivity contribution in [1.82, 2.24) is 31.9 Å². The molecule has 8 atom stereocenters. The summed E-state index contributed by atoms with van der Waals surface area (Å²) in [5.41, 5.74) is 17.3. The first-order valence-corrected chi connectivity index (χ1v) is 18.8. The number of nitrogens with one attached hydrogen (secondary N) is 6. The van der Waals surface area contributed by atoms with Gasteiger partial charge in [-0.15, -0.1) is 0 Å². The number of hydrogen-bond acceptors (Lipinski definition) is 12. The summed E-state index contributed by atoms with van der Waals surface area (Å²) in [5, 5.41) is 44.6. The highest BCUT2D eigenvalue weighted by Crippen LogP contribution is 2.11. The van der Waals surface area contributed by atoms with Crippen LogP contribution in [-0.4, -0.2) is 124 Å². The van der Waals surface area contributed by atoms with Crippen molar-refractivity contribution in [2.24, 2.45) is 29.0 Å². The highest BCUT2D eigenvalue weighted by molar-refractivity contribution is 5.95. The summed E-state index contributed by atoms with van der Waals surface area (Å²) >= 11 is 0. The third-order valence-electron chi connectivity index (χ3n) is 8.82. The number of aliphatic hydroxyl groups is 1. The van der Waals surface area contributed by atoms with E-state index in [-0.39, 0.29) is 24.7 Å². The number of hydrogen-bond donors (Lipinski definition) is 12. The number of benzene rings is 1. The van der Waals surface area contributed by atoms with Crippen molar-refractivity contribution in [3.05, 3.63) is 35.9 Å². The van der Waals surface area contributed by atoms with Crippen LogP contribution in [-0.2, 0) is 49.6 Å². The van der Waals surface area contributed by atoms with Crippen LogP contribution >= 0.6 is 0 Å². The normalized spacial score (nSPS) is 15.3. The minimum absolute atomic E-state index is 0.00681. The Morgan fingerprint density at radius 3 is 1.72 bits per heavy atom. The van der Waals surface area contributed by atoms with Gasteiger partial charge in [0.05, 0.1) is 37.1 Å². The number of primary amides is 2. The first kappa shape index (κ1) is 50.3. The maximum Gasteiger partial charge on any atom is 0.305 e. The maximum atomic E-state index is 13.3. The van der Waals surface area contributed by atoms with Crippen LogP contribution in [0, 0.1) is 11.8 Å². The molecule has 324 valence electrons. The van der Waals surface area contributed by atoms with Crippen molar-refractivity contribution in [2.45, 2.75) is 122 Å². The van der Waals surface area contributed by atoms with E-state index in [0.29, 0.717) is 5.56 Å². The lowest BCUT2D eigenvalue weighted by atomic mass is 9.97. The largest absolute Gasteiger partial charge is 0.481 e. The van der Waals surface area contributed by atoms with Crippen molar-refractivity contribution in [1.29, 1.82) is 0 Å². The van der Waals surface area contributed by atoms with Gasteiger partial charge in [-0.05, 0) is 37.2 Å². The van der Waals surface area contributed by atoms with Gasteiger partial charge in [-0.1, -0.05) is 58.0 Å². The van der Waals surface area contributed by atoms with Crippen molar-refractivity contribution >= 4 is 53.3 Å². The zero-order valence-electron chi connectivity index (χ0n) is 33.4. The maximum absolute atomic E-state index is 13.3. The molecule has 7 amide bonds. The lowest BCUT2D eigenvalue weighted by molar-refractivity contribution is -0.140. The number of carboxylic acid groups (broad SMARTS) is 2. The van der Waals surface area contributed by atoms with Gasteiger partial charge in [0.2, 0.25) is 41.4 Å². The van der Waals surface area contributed by atoms with Gasteiger partial charge in [-0.2, -0.15) is 0 Å². The Morgan fingerprint density at radius 2 is 1.21 bits per heavy atom. The molecule has 0 aliphatic rings. The van der Waals surface area contributed by atoms with Crippen LogP contribution in [0.5, 0.6) is 0 Å². The molecule has 0 aliphatic heterocycles. The molecule has 0 heterocycles. The summed E-state index contributed by atoms with van der Waals surface area (Å²) in [6, 6.07) is -0.570. The first-order chi connectivity index (χ1) is 27.0. The first-order valence-electron chi connectivity index (χ1n) is 18.8. The van der Waals surface area contributed by atoms with E-state index in [9.17, 15) is 58.5 Å². The van der Waals surface area contributed by atoms with Gasteiger partial charge in [-0.3, -0.25) is 43.2 Å². The van der Waals surface area contributed by atoms with E-state index in [0.717, 1.165) is 0 Å². The summed E-state index contributed by atoms with van der Waals surface area (Å²) in [7, 11) is 0. The van der Waals surface area contributed by atoms with Gasteiger partial charge in [0.15, 0.2) is 0 Å². The van der Waals surface area contributed by atoms with Crippen LogP contribution in [0.3, 0.4) is 0 Å². The van der Waals surface area contributed by atoms with E-state index < -0.39 is 134 Å². The zero-order chi connectivity index (χ0) is 44.3. The molecule has 0 saturated heterocycles. The third-order valence-corrected chi connectivity index (χ3v) is 8.82. The Morgan fingerprint density at radius 1 is 0.655 bits per heavy atom. The summed E-state index contributed by atoms with van der Waals surface area (Å²) < 4.78 is 0. The quantitative estimate of drug-likeness (QED) is 0.0414. The molecule has 0 bridgehead atoms. The third kappa shape index (κ3) is 19.0. The summed E-state index contributed by atoms with van der Waals surface area (Å²) in [6.45, 7) is 7.69. The van der Waals surface area contributed by atoms with Crippen molar-refractivity contribution in [3.8, 4) is 0 Å². The van der Waals surface area contributed by atoms with Crippen molar-refractivity contribution in [2.75, 3.05) is 6.54 Å². The molecule has 0 unspecified atom stereocenters. The molecule has 0 radical (unpaired) electrons. The van der Waals surface area contributed by atoms with Crippen LogP contribution in [0.4, 0.5) is 0 Å². The molecule has 1 aromatic rings. The van der Waals surface area contributed by atoms with Gasteiger partial charge in [0.25, 0.3) is 0 Å². The highest BCUT2D eigenvalue weighted by atomic mass is 16.4. The molecule has 1 aromatic carbocycles.